The molecule has 2 heterocycles. The van der Waals surface area contributed by atoms with Crippen LogP contribution in [0.4, 0.5) is 4.79 Å². The van der Waals surface area contributed by atoms with Gasteiger partial charge < -0.3 is 5.32 Å². The topological polar surface area (TPSA) is 52.6 Å². The molecule has 1 spiro atoms. The Hall–Kier alpha value is -1.88. The number of nitrogens with zero attached hydrogens (tertiary/aromatic N) is 2. The van der Waals surface area contributed by atoms with Gasteiger partial charge in [0.15, 0.2) is 0 Å². The maximum Gasteiger partial charge on any atom is 0.325 e. The minimum absolute atomic E-state index is 0.00361. The number of likely N-dealkylation sites (tertiary alicyclic amines) is 1. The third-order valence-corrected chi connectivity index (χ3v) is 6.39. The highest BCUT2D eigenvalue weighted by atomic mass is 16.2. The maximum atomic E-state index is 12.8. The van der Waals surface area contributed by atoms with Crippen molar-refractivity contribution in [2.24, 2.45) is 0 Å². The van der Waals surface area contributed by atoms with Gasteiger partial charge in [0.2, 0.25) is 0 Å². The largest absolute Gasteiger partial charge is 0.325 e. The number of imide groups is 1. The molecule has 140 valence electrons. The Morgan fingerprint density at radius 1 is 1.04 bits per heavy atom. The number of hydrogen-bond donors (Lipinski definition) is 1. The van der Waals surface area contributed by atoms with Gasteiger partial charge in [0.05, 0.1) is 0 Å². The molecule has 1 N–H and O–H groups in total. The fourth-order valence-electron chi connectivity index (χ4n) is 4.85. The molecule has 1 unspecified atom stereocenters. The van der Waals surface area contributed by atoms with Crippen molar-refractivity contribution in [2.75, 3.05) is 19.6 Å². The van der Waals surface area contributed by atoms with Gasteiger partial charge in [0, 0.05) is 19.1 Å². The summed E-state index contributed by atoms with van der Waals surface area (Å²) >= 11 is 0. The van der Waals surface area contributed by atoms with E-state index in [0.29, 0.717) is 12.6 Å². The molecule has 1 atom stereocenters. The highest BCUT2D eigenvalue weighted by Crippen LogP contribution is 2.35. The van der Waals surface area contributed by atoms with Crippen LogP contribution in [0.2, 0.25) is 0 Å². The number of carbonyl (C=O) groups is 2. The number of hydrogen-bond acceptors (Lipinski definition) is 3. The monoisotopic (exact) mass is 355 g/mol. The minimum atomic E-state index is -0.588. The van der Waals surface area contributed by atoms with E-state index in [1.807, 2.05) is 0 Å². The Labute approximate surface area is 155 Å². The van der Waals surface area contributed by atoms with Crippen LogP contribution in [0.3, 0.4) is 0 Å². The predicted molar refractivity (Wildman–Crippen MR) is 101 cm³/mol. The molecule has 1 aromatic rings. The first-order valence-electron chi connectivity index (χ1n) is 10.0. The van der Waals surface area contributed by atoms with Crippen LogP contribution in [0.5, 0.6) is 0 Å². The highest BCUT2D eigenvalue weighted by molar-refractivity contribution is 6.07. The first-order chi connectivity index (χ1) is 12.6. The number of nitrogens with one attached hydrogen (secondary N) is 1. The lowest BCUT2D eigenvalue weighted by Gasteiger charge is -2.36. The summed E-state index contributed by atoms with van der Waals surface area (Å²) in [7, 11) is 0. The summed E-state index contributed by atoms with van der Waals surface area (Å²) in [5.74, 6) is 0.00361. The van der Waals surface area contributed by atoms with Crippen LogP contribution in [0.25, 0.3) is 0 Å². The number of benzene rings is 1. The van der Waals surface area contributed by atoms with Crippen LogP contribution >= 0.6 is 0 Å². The summed E-state index contributed by atoms with van der Waals surface area (Å²) in [6.07, 6.45) is 7.22. The number of aryl methyl sites for hydroxylation is 1. The van der Waals surface area contributed by atoms with Gasteiger partial charge in [0.1, 0.15) is 5.54 Å². The van der Waals surface area contributed by atoms with E-state index in [-0.39, 0.29) is 11.9 Å². The van der Waals surface area contributed by atoms with Crippen molar-refractivity contribution in [3.63, 3.8) is 0 Å². The van der Waals surface area contributed by atoms with E-state index < -0.39 is 5.54 Å². The molecule has 3 aliphatic rings. The van der Waals surface area contributed by atoms with Crippen molar-refractivity contribution in [1.82, 2.24) is 15.1 Å². The van der Waals surface area contributed by atoms with Gasteiger partial charge >= 0.3 is 6.03 Å². The second kappa shape index (κ2) is 7.03. The number of urea groups is 1. The lowest BCUT2D eigenvalue weighted by atomic mass is 9.94. The zero-order chi connectivity index (χ0) is 18.1. The zero-order valence-electron chi connectivity index (χ0n) is 15.7. The van der Waals surface area contributed by atoms with Crippen molar-refractivity contribution in [3.05, 3.63) is 35.4 Å². The Morgan fingerprint density at radius 3 is 2.50 bits per heavy atom. The molecular weight excluding hydrogens is 326 g/mol. The van der Waals surface area contributed by atoms with Crippen molar-refractivity contribution < 1.29 is 9.59 Å². The number of piperidine rings is 1. The summed E-state index contributed by atoms with van der Waals surface area (Å²) in [4.78, 5) is 29.1. The molecule has 0 bridgehead atoms. The van der Waals surface area contributed by atoms with Gasteiger partial charge in [0.25, 0.3) is 5.91 Å². The van der Waals surface area contributed by atoms with Gasteiger partial charge in [-0.05, 0) is 44.7 Å². The van der Waals surface area contributed by atoms with Gasteiger partial charge in [-0.3, -0.25) is 14.6 Å². The van der Waals surface area contributed by atoms with Crippen LogP contribution in [0, 0.1) is 6.92 Å². The average Bonchev–Trinajstić information content (AvgIpc) is 3.20. The summed E-state index contributed by atoms with van der Waals surface area (Å²) in [5.41, 5.74) is 2.03. The second-order valence-electron chi connectivity index (χ2n) is 8.13. The van der Waals surface area contributed by atoms with Crippen LogP contribution in [0.15, 0.2) is 24.3 Å². The number of rotatable bonds is 4. The molecule has 0 radical (unpaired) electrons. The van der Waals surface area contributed by atoms with E-state index in [2.05, 4.69) is 41.4 Å². The summed E-state index contributed by atoms with van der Waals surface area (Å²) in [5, 5.41) is 2.98. The van der Waals surface area contributed by atoms with Crippen molar-refractivity contribution in [2.45, 2.75) is 63.5 Å². The third kappa shape index (κ3) is 3.13. The van der Waals surface area contributed by atoms with Crippen molar-refractivity contribution >= 4 is 11.9 Å². The van der Waals surface area contributed by atoms with E-state index in [4.69, 9.17) is 0 Å². The van der Waals surface area contributed by atoms with E-state index >= 15 is 0 Å². The molecule has 5 nitrogen and oxygen atoms in total. The van der Waals surface area contributed by atoms with Crippen LogP contribution in [-0.2, 0) is 4.79 Å². The Balaban J connectivity index is 1.43. The standard InChI is InChI=1S/C21H29N3O2/c1-16-7-9-17(10-8-16)18-6-2-5-13-23(18)14-15-24-19(25)21(22-20(24)26)11-3-4-12-21/h7-10,18H,2-6,11-15H2,1H3,(H,22,26). The van der Waals surface area contributed by atoms with Crippen molar-refractivity contribution in [1.29, 1.82) is 0 Å². The highest BCUT2D eigenvalue weighted by Gasteiger charge is 2.52. The smallest absolute Gasteiger partial charge is 0.323 e. The van der Waals surface area contributed by atoms with Crippen LogP contribution < -0.4 is 5.32 Å². The zero-order valence-corrected chi connectivity index (χ0v) is 15.7. The van der Waals surface area contributed by atoms with Gasteiger partial charge in [-0.1, -0.05) is 49.1 Å². The Bertz CT molecular complexity index is 679. The molecule has 1 aromatic carbocycles. The summed E-state index contributed by atoms with van der Waals surface area (Å²) in [6.45, 7) is 4.40. The fourth-order valence-corrected chi connectivity index (χ4v) is 4.85. The average molecular weight is 355 g/mol. The number of amides is 3. The lowest BCUT2D eigenvalue weighted by Crippen LogP contribution is -2.45. The van der Waals surface area contributed by atoms with Gasteiger partial charge in [-0.2, -0.15) is 0 Å². The molecule has 1 aliphatic carbocycles. The summed E-state index contributed by atoms with van der Waals surface area (Å²) < 4.78 is 0. The Morgan fingerprint density at radius 2 is 1.77 bits per heavy atom. The van der Waals surface area contributed by atoms with E-state index in [1.54, 1.807) is 0 Å². The molecule has 3 amide bonds. The third-order valence-electron chi connectivity index (χ3n) is 6.39. The minimum Gasteiger partial charge on any atom is -0.323 e. The molecular formula is C21H29N3O2. The van der Waals surface area contributed by atoms with Crippen molar-refractivity contribution in [3.8, 4) is 0 Å². The first kappa shape index (κ1) is 17.5. The molecule has 3 fully saturated rings. The van der Waals surface area contributed by atoms with Crippen LogP contribution in [-0.4, -0.2) is 46.9 Å². The molecule has 2 aliphatic heterocycles. The SMILES string of the molecule is Cc1ccc(C2CCCCN2CCN2C(=O)NC3(CCCC3)C2=O)cc1. The van der Waals surface area contributed by atoms with Gasteiger partial charge in [-0.25, -0.2) is 4.79 Å². The number of carbonyl (C=O) groups excluding carboxylic acids is 2. The quantitative estimate of drug-likeness (QED) is 0.843. The molecule has 1 saturated carbocycles. The van der Waals surface area contributed by atoms with Gasteiger partial charge in [-0.15, -0.1) is 0 Å². The second-order valence-corrected chi connectivity index (χ2v) is 8.13. The molecule has 2 saturated heterocycles. The maximum absolute atomic E-state index is 12.8. The molecule has 4 rings (SSSR count). The van der Waals surface area contributed by atoms with E-state index in [9.17, 15) is 9.59 Å². The first-order valence-corrected chi connectivity index (χ1v) is 10.0. The molecule has 5 heteroatoms. The fraction of sp³-hybridized carbons (Fsp3) is 0.619. The molecule has 26 heavy (non-hydrogen) atoms. The predicted octanol–water partition coefficient (Wildman–Crippen LogP) is 3.39. The van der Waals surface area contributed by atoms with Crippen LogP contribution in [0.1, 0.15) is 62.1 Å². The lowest BCUT2D eigenvalue weighted by molar-refractivity contribution is -0.131. The van der Waals surface area contributed by atoms with E-state index in [1.165, 1.54) is 28.9 Å². The molecule has 0 aromatic heterocycles. The summed E-state index contributed by atoms with van der Waals surface area (Å²) in [6, 6.07) is 8.98. The Kier molecular flexibility index (Phi) is 4.74. The van der Waals surface area contributed by atoms with E-state index in [0.717, 1.165) is 45.2 Å². The normalized spacial score (nSPS) is 25.9.